The van der Waals surface area contributed by atoms with Gasteiger partial charge in [0, 0.05) is 55.1 Å². The SMILES string of the molecule is NCCNCCN1CCC(Nc2cc(C(F)(F)F)cc3c2Nc2ccccc2S3)CC1. The molecule has 31 heavy (non-hydrogen) atoms. The van der Waals surface area contributed by atoms with Gasteiger partial charge >= 0.3 is 6.18 Å². The van der Waals surface area contributed by atoms with E-state index in [9.17, 15) is 13.2 Å². The number of nitrogens with two attached hydrogens (primary N) is 1. The van der Waals surface area contributed by atoms with Crippen LogP contribution in [0.3, 0.4) is 0 Å². The lowest BCUT2D eigenvalue weighted by Crippen LogP contribution is -2.42. The molecule has 0 bridgehead atoms. The van der Waals surface area contributed by atoms with Crippen LogP contribution in [0.4, 0.5) is 30.2 Å². The number of nitrogens with zero attached hydrogens (tertiary/aromatic N) is 1. The second-order valence-corrected chi connectivity index (χ2v) is 9.00. The number of hydrogen-bond acceptors (Lipinski definition) is 6. The van der Waals surface area contributed by atoms with E-state index in [1.54, 1.807) is 0 Å². The van der Waals surface area contributed by atoms with E-state index < -0.39 is 11.7 Å². The lowest BCUT2D eigenvalue weighted by Gasteiger charge is -2.34. The summed E-state index contributed by atoms with van der Waals surface area (Å²) in [5, 5.41) is 10.1. The highest BCUT2D eigenvalue weighted by molar-refractivity contribution is 7.99. The Labute approximate surface area is 184 Å². The Morgan fingerprint density at radius 1 is 1.10 bits per heavy atom. The smallest absolute Gasteiger partial charge is 0.380 e. The molecule has 0 saturated carbocycles. The lowest BCUT2D eigenvalue weighted by atomic mass is 10.0. The first kappa shape index (κ1) is 22.3. The number of anilines is 3. The van der Waals surface area contributed by atoms with E-state index in [1.165, 1.54) is 23.9 Å². The Morgan fingerprint density at radius 2 is 1.87 bits per heavy atom. The molecule has 2 aromatic rings. The van der Waals surface area contributed by atoms with Gasteiger partial charge in [0.05, 0.1) is 22.6 Å². The van der Waals surface area contributed by atoms with Gasteiger partial charge in [-0.3, -0.25) is 0 Å². The number of benzene rings is 2. The molecule has 2 heterocycles. The van der Waals surface area contributed by atoms with Crippen LogP contribution in [0, 0.1) is 0 Å². The highest BCUT2D eigenvalue weighted by atomic mass is 32.2. The maximum absolute atomic E-state index is 13.6. The van der Waals surface area contributed by atoms with Gasteiger partial charge < -0.3 is 26.6 Å². The fourth-order valence-corrected chi connectivity index (χ4v) is 5.06. The van der Waals surface area contributed by atoms with Crippen molar-refractivity contribution in [3.8, 4) is 0 Å². The molecule has 0 amide bonds. The molecular formula is C22H28F3N5S. The zero-order valence-electron chi connectivity index (χ0n) is 17.3. The molecule has 168 valence electrons. The molecule has 0 radical (unpaired) electrons. The molecule has 0 atom stereocenters. The Hall–Kier alpha value is -1.94. The molecule has 0 spiro atoms. The van der Waals surface area contributed by atoms with Crippen LogP contribution in [0.2, 0.25) is 0 Å². The first-order valence-corrected chi connectivity index (χ1v) is 11.4. The van der Waals surface area contributed by atoms with Gasteiger partial charge in [-0.15, -0.1) is 0 Å². The minimum atomic E-state index is -4.39. The summed E-state index contributed by atoms with van der Waals surface area (Å²) < 4.78 is 40.7. The number of piperidine rings is 1. The van der Waals surface area contributed by atoms with Gasteiger partial charge in [-0.2, -0.15) is 13.2 Å². The van der Waals surface area contributed by atoms with E-state index in [2.05, 4.69) is 20.9 Å². The predicted octanol–water partition coefficient (Wildman–Crippen LogP) is 4.34. The maximum atomic E-state index is 13.6. The third kappa shape index (κ3) is 5.46. The average molecular weight is 452 g/mol. The van der Waals surface area contributed by atoms with Crippen LogP contribution < -0.4 is 21.7 Å². The summed E-state index contributed by atoms with van der Waals surface area (Å²) in [6.45, 7) is 5.15. The Bertz CT molecular complexity index is 897. The molecule has 0 unspecified atom stereocenters. The van der Waals surface area contributed by atoms with Crippen molar-refractivity contribution in [1.29, 1.82) is 0 Å². The Morgan fingerprint density at radius 3 is 2.61 bits per heavy atom. The largest absolute Gasteiger partial charge is 0.416 e. The summed E-state index contributed by atoms with van der Waals surface area (Å²) in [7, 11) is 0. The van der Waals surface area contributed by atoms with E-state index in [1.807, 2.05) is 24.3 Å². The number of likely N-dealkylation sites (tertiary alicyclic amines) is 1. The second-order valence-electron chi connectivity index (χ2n) is 7.92. The van der Waals surface area contributed by atoms with E-state index in [0.717, 1.165) is 61.8 Å². The van der Waals surface area contributed by atoms with Crippen molar-refractivity contribution in [3.63, 3.8) is 0 Å². The first-order chi connectivity index (χ1) is 14.9. The van der Waals surface area contributed by atoms with Crippen molar-refractivity contribution in [2.24, 2.45) is 5.73 Å². The number of rotatable bonds is 7. The molecule has 1 fully saturated rings. The Balaban J connectivity index is 1.47. The van der Waals surface area contributed by atoms with Crippen molar-refractivity contribution >= 4 is 28.8 Å². The summed E-state index contributed by atoms with van der Waals surface area (Å²) in [6.07, 6.45) is -2.60. The fraction of sp³-hybridized carbons (Fsp3) is 0.455. The summed E-state index contributed by atoms with van der Waals surface area (Å²) in [6, 6.07) is 10.3. The van der Waals surface area contributed by atoms with Gasteiger partial charge in [0.1, 0.15) is 0 Å². The molecule has 5 N–H and O–H groups in total. The Kier molecular flexibility index (Phi) is 6.95. The van der Waals surface area contributed by atoms with Crippen LogP contribution in [0.15, 0.2) is 46.2 Å². The molecule has 5 nitrogen and oxygen atoms in total. The van der Waals surface area contributed by atoms with Gasteiger partial charge in [-0.05, 0) is 37.1 Å². The van der Waals surface area contributed by atoms with Crippen LogP contribution in [0.1, 0.15) is 18.4 Å². The normalized spacial score (nSPS) is 17.0. The fourth-order valence-electron chi connectivity index (χ4n) is 4.00. The van der Waals surface area contributed by atoms with Gasteiger partial charge in [0.25, 0.3) is 0 Å². The second kappa shape index (κ2) is 9.68. The molecule has 1 saturated heterocycles. The minimum Gasteiger partial charge on any atom is -0.380 e. The van der Waals surface area contributed by atoms with Gasteiger partial charge in [-0.1, -0.05) is 23.9 Å². The maximum Gasteiger partial charge on any atom is 0.416 e. The van der Waals surface area contributed by atoms with Crippen LogP contribution in [-0.2, 0) is 6.18 Å². The van der Waals surface area contributed by atoms with E-state index in [0.29, 0.717) is 17.1 Å². The van der Waals surface area contributed by atoms with Crippen LogP contribution in [-0.4, -0.2) is 50.2 Å². The molecule has 2 aliphatic rings. The molecule has 2 aromatic carbocycles. The number of alkyl halides is 3. The standard InChI is InChI=1S/C22H28F3N5S/c23-22(24,25)15-13-18(21-20(14-15)31-19-4-2-1-3-17(19)29-21)28-16-5-10-30(11-6-16)12-9-27-8-7-26/h1-4,13-14,16,27-29H,5-12,26H2. The zero-order valence-corrected chi connectivity index (χ0v) is 18.1. The molecule has 9 heteroatoms. The van der Waals surface area contributed by atoms with E-state index in [4.69, 9.17) is 5.73 Å². The first-order valence-electron chi connectivity index (χ1n) is 10.6. The highest BCUT2D eigenvalue weighted by Crippen LogP contribution is 2.49. The minimum absolute atomic E-state index is 0.143. The van der Waals surface area contributed by atoms with Crippen LogP contribution in [0.25, 0.3) is 0 Å². The number of halogens is 3. The third-order valence-electron chi connectivity index (χ3n) is 5.67. The summed E-state index contributed by atoms with van der Waals surface area (Å²) in [5.41, 5.74) is 7.04. The monoisotopic (exact) mass is 451 g/mol. The predicted molar refractivity (Wildman–Crippen MR) is 120 cm³/mol. The van der Waals surface area contributed by atoms with Crippen molar-refractivity contribution < 1.29 is 13.2 Å². The highest BCUT2D eigenvalue weighted by Gasteiger charge is 2.34. The van der Waals surface area contributed by atoms with Crippen molar-refractivity contribution in [3.05, 3.63) is 42.0 Å². The third-order valence-corrected chi connectivity index (χ3v) is 6.79. The van der Waals surface area contributed by atoms with Gasteiger partial charge in [0.15, 0.2) is 0 Å². The number of nitrogens with one attached hydrogen (secondary N) is 3. The molecule has 4 rings (SSSR count). The van der Waals surface area contributed by atoms with Crippen LogP contribution in [0.5, 0.6) is 0 Å². The lowest BCUT2D eigenvalue weighted by molar-refractivity contribution is -0.137. The number of hydrogen-bond donors (Lipinski definition) is 4. The van der Waals surface area contributed by atoms with Gasteiger partial charge in [-0.25, -0.2) is 0 Å². The topological polar surface area (TPSA) is 65.3 Å². The van der Waals surface area contributed by atoms with Crippen molar-refractivity contribution in [2.75, 3.05) is 49.9 Å². The van der Waals surface area contributed by atoms with Crippen molar-refractivity contribution in [1.82, 2.24) is 10.2 Å². The van der Waals surface area contributed by atoms with E-state index in [-0.39, 0.29) is 6.04 Å². The van der Waals surface area contributed by atoms with Crippen molar-refractivity contribution in [2.45, 2.75) is 34.9 Å². The number of para-hydroxylation sites is 1. The average Bonchev–Trinajstić information content (AvgIpc) is 2.76. The molecular weight excluding hydrogens is 423 g/mol. The molecule has 2 aliphatic heterocycles. The molecule has 0 aromatic heterocycles. The number of fused-ring (bicyclic) bond motifs is 2. The molecule has 0 aliphatic carbocycles. The van der Waals surface area contributed by atoms with E-state index >= 15 is 0 Å². The summed E-state index contributed by atoms with van der Waals surface area (Å²) in [4.78, 5) is 3.91. The summed E-state index contributed by atoms with van der Waals surface area (Å²) in [5.74, 6) is 0. The van der Waals surface area contributed by atoms with Gasteiger partial charge in [0.2, 0.25) is 0 Å². The quantitative estimate of drug-likeness (QED) is 0.401. The zero-order chi connectivity index (χ0) is 21.8. The summed E-state index contributed by atoms with van der Waals surface area (Å²) >= 11 is 1.38. The van der Waals surface area contributed by atoms with Crippen LogP contribution >= 0.6 is 11.8 Å².